The summed E-state index contributed by atoms with van der Waals surface area (Å²) in [4.78, 5) is 23.1. The molecule has 1 aromatic heterocycles. The Kier molecular flexibility index (Phi) is 3.59. The lowest BCUT2D eigenvalue weighted by molar-refractivity contribution is -0.150. The third-order valence-corrected chi connectivity index (χ3v) is 3.50. The zero-order valence-electron chi connectivity index (χ0n) is 9.98. The number of rotatable bonds is 4. The SMILES string of the molecule is O=C(NCC1(C(=O)O)CCCCC1)c1cn[nH]n1. The van der Waals surface area contributed by atoms with Crippen LogP contribution in [-0.2, 0) is 4.79 Å². The van der Waals surface area contributed by atoms with Gasteiger partial charge >= 0.3 is 5.97 Å². The first-order chi connectivity index (χ1) is 8.64. The van der Waals surface area contributed by atoms with Gasteiger partial charge in [0.25, 0.3) is 5.91 Å². The van der Waals surface area contributed by atoms with Crippen molar-refractivity contribution in [3.63, 3.8) is 0 Å². The van der Waals surface area contributed by atoms with E-state index in [0.717, 1.165) is 19.3 Å². The highest BCUT2D eigenvalue weighted by Crippen LogP contribution is 2.36. The van der Waals surface area contributed by atoms with E-state index in [9.17, 15) is 14.7 Å². The summed E-state index contributed by atoms with van der Waals surface area (Å²) in [6, 6.07) is 0. The second-order valence-corrected chi connectivity index (χ2v) is 4.68. The van der Waals surface area contributed by atoms with E-state index in [2.05, 4.69) is 20.7 Å². The number of carboxylic acid groups (broad SMARTS) is 1. The number of carboxylic acids is 1. The van der Waals surface area contributed by atoms with Crippen LogP contribution in [0, 0.1) is 5.41 Å². The van der Waals surface area contributed by atoms with Gasteiger partial charge in [0.15, 0.2) is 5.69 Å². The maximum absolute atomic E-state index is 11.7. The molecular weight excluding hydrogens is 236 g/mol. The lowest BCUT2D eigenvalue weighted by atomic mass is 9.74. The van der Waals surface area contributed by atoms with Crippen molar-refractivity contribution in [2.45, 2.75) is 32.1 Å². The summed E-state index contributed by atoms with van der Waals surface area (Å²) in [7, 11) is 0. The van der Waals surface area contributed by atoms with Gasteiger partial charge in [0.05, 0.1) is 11.6 Å². The molecule has 98 valence electrons. The van der Waals surface area contributed by atoms with E-state index in [1.165, 1.54) is 6.20 Å². The summed E-state index contributed by atoms with van der Waals surface area (Å²) in [5, 5.41) is 21.5. The predicted molar refractivity (Wildman–Crippen MR) is 61.9 cm³/mol. The van der Waals surface area contributed by atoms with Crippen LogP contribution < -0.4 is 5.32 Å². The average molecular weight is 252 g/mol. The summed E-state index contributed by atoms with van der Waals surface area (Å²) in [6.45, 7) is 0.147. The van der Waals surface area contributed by atoms with E-state index in [0.29, 0.717) is 12.8 Å². The number of aromatic amines is 1. The normalized spacial score (nSPS) is 18.2. The molecule has 0 spiro atoms. The molecule has 7 nitrogen and oxygen atoms in total. The molecule has 18 heavy (non-hydrogen) atoms. The number of carbonyl (C=O) groups excluding carboxylic acids is 1. The van der Waals surface area contributed by atoms with Gasteiger partial charge in [0.2, 0.25) is 0 Å². The number of nitrogens with one attached hydrogen (secondary N) is 2. The van der Waals surface area contributed by atoms with Crippen LogP contribution in [0.5, 0.6) is 0 Å². The van der Waals surface area contributed by atoms with Crippen molar-refractivity contribution in [3.05, 3.63) is 11.9 Å². The number of amides is 1. The quantitative estimate of drug-likeness (QED) is 0.726. The number of nitrogens with zero attached hydrogens (tertiary/aromatic N) is 2. The van der Waals surface area contributed by atoms with Crippen molar-refractivity contribution in [2.24, 2.45) is 5.41 Å². The Hall–Kier alpha value is -1.92. The van der Waals surface area contributed by atoms with Crippen LogP contribution in [0.4, 0.5) is 0 Å². The molecule has 0 bridgehead atoms. The minimum Gasteiger partial charge on any atom is -0.481 e. The molecule has 7 heteroatoms. The molecule has 2 rings (SSSR count). The molecule has 1 heterocycles. The van der Waals surface area contributed by atoms with Gasteiger partial charge in [0.1, 0.15) is 0 Å². The van der Waals surface area contributed by atoms with Crippen LogP contribution in [0.2, 0.25) is 0 Å². The van der Waals surface area contributed by atoms with Crippen LogP contribution in [0.25, 0.3) is 0 Å². The Morgan fingerprint density at radius 3 is 2.67 bits per heavy atom. The number of carbonyl (C=O) groups is 2. The third-order valence-electron chi connectivity index (χ3n) is 3.50. The maximum atomic E-state index is 11.7. The molecular formula is C11H16N4O3. The number of hydrogen-bond acceptors (Lipinski definition) is 4. The highest BCUT2D eigenvalue weighted by atomic mass is 16.4. The largest absolute Gasteiger partial charge is 0.481 e. The second kappa shape index (κ2) is 5.16. The van der Waals surface area contributed by atoms with Gasteiger partial charge in [-0.2, -0.15) is 15.4 Å². The van der Waals surface area contributed by atoms with Crippen molar-refractivity contribution in [2.75, 3.05) is 6.54 Å². The molecule has 0 atom stereocenters. The molecule has 1 saturated carbocycles. The molecule has 0 unspecified atom stereocenters. The van der Waals surface area contributed by atoms with Gasteiger partial charge in [-0.15, -0.1) is 0 Å². The molecule has 3 N–H and O–H groups in total. The first kappa shape index (κ1) is 12.5. The van der Waals surface area contributed by atoms with Crippen LogP contribution in [0.1, 0.15) is 42.6 Å². The molecule has 1 aliphatic carbocycles. The standard InChI is InChI=1S/C11H16N4O3/c16-9(8-6-13-15-14-8)12-7-11(10(17)18)4-2-1-3-5-11/h6H,1-5,7H2,(H,12,16)(H,17,18)(H,13,14,15). The smallest absolute Gasteiger partial charge is 0.311 e. The zero-order valence-corrected chi connectivity index (χ0v) is 9.98. The second-order valence-electron chi connectivity index (χ2n) is 4.68. The summed E-state index contributed by atoms with van der Waals surface area (Å²) >= 11 is 0. The Bertz CT molecular complexity index is 424. The lowest BCUT2D eigenvalue weighted by Crippen LogP contribution is -2.44. The Labute approximate surface area is 104 Å². The van der Waals surface area contributed by atoms with Gasteiger partial charge in [-0.1, -0.05) is 19.3 Å². The van der Waals surface area contributed by atoms with Crippen molar-refractivity contribution >= 4 is 11.9 Å². The minimum absolute atomic E-state index is 0.147. The molecule has 0 saturated heterocycles. The zero-order chi connectivity index (χ0) is 13.0. The number of hydrogen-bond donors (Lipinski definition) is 3. The Morgan fingerprint density at radius 1 is 1.39 bits per heavy atom. The van der Waals surface area contributed by atoms with Crippen molar-refractivity contribution in [1.82, 2.24) is 20.7 Å². The predicted octanol–water partition coefficient (Wildman–Crippen LogP) is 0.570. The highest BCUT2D eigenvalue weighted by Gasteiger charge is 2.39. The lowest BCUT2D eigenvalue weighted by Gasteiger charge is -2.33. The van der Waals surface area contributed by atoms with E-state index < -0.39 is 17.3 Å². The van der Waals surface area contributed by atoms with Gasteiger partial charge < -0.3 is 10.4 Å². The fraction of sp³-hybridized carbons (Fsp3) is 0.636. The van der Waals surface area contributed by atoms with E-state index in [1.807, 2.05) is 0 Å². The Morgan fingerprint density at radius 2 is 2.11 bits per heavy atom. The van der Waals surface area contributed by atoms with Gasteiger partial charge in [-0.3, -0.25) is 9.59 Å². The Balaban J connectivity index is 1.98. The fourth-order valence-electron chi connectivity index (χ4n) is 2.35. The molecule has 0 aromatic carbocycles. The highest BCUT2D eigenvalue weighted by molar-refractivity contribution is 5.92. The van der Waals surface area contributed by atoms with E-state index in [4.69, 9.17) is 0 Å². The third kappa shape index (κ3) is 2.49. The van der Waals surface area contributed by atoms with E-state index in [1.54, 1.807) is 0 Å². The van der Waals surface area contributed by atoms with Crippen LogP contribution in [0.15, 0.2) is 6.20 Å². The van der Waals surface area contributed by atoms with Crippen LogP contribution >= 0.6 is 0 Å². The molecule has 0 radical (unpaired) electrons. The average Bonchev–Trinajstić information content (AvgIpc) is 2.91. The molecule has 1 aliphatic rings. The summed E-state index contributed by atoms with van der Waals surface area (Å²) < 4.78 is 0. The molecule has 1 aromatic rings. The first-order valence-electron chi connectivity index (χ1n) is 6.01. The van der Waals surface area contributed by atoms with Gasteiger partial charge in [0, 0.05) is 6.54 Å². The van der Waals surface area contributed by atoms with Crippen LogP contribution in [0.3, 0.4) is 0 Å². The van der Waals surface area contributed by atoms with Crippen molar-refractivity contribution in [3.8, 4) is 0 Å². The van der Waals surface area contributed by atoms with E-state index in [-0.39, 0.29) is 12.2 Å². The van der Waals surface area contributed by atoms with Gasteiger partial charge in [-0.25, -0.2) is 0 Å². The monoisotopic (exact) mass is 252 g/mol. The fourth-order valence-corrected chi connectivity index (χ4v) is 2.35. The summed E-state index contributed by atoms with van der Waals surface area (Å²) in [5.74, 6) is -1.22. The maximum Gasteiger partial charge on any atom is 0.311 e. The number of aromatic nitrogens is 3. The molecule has 1 amide bonds. The molecule has 1 fully saturated rings. The van der Waals surface area contributed by atoms with Crippen molar-refractivity contribution in [1.29, 1.82) is 0 Å². The first-order valence-corrected chi connectivity index (χ1v) is 6.01. The topological polar surface area (TPSA) is 108 Å². The number of aliphatic carboxylic acids is 1. The number of H-pyrrole nitrogens is 1. The summed E-state index contributed by atoms with van der Waals surface area (Å²) in [6.07, 6.45) is 5.39. The van der Waals surface area contributed by atoms with Crippen LogP contribution in [-0.4, -0.2) is 38.9 Å². The molecule has 0 aliphatic heterocycles. The van der Waals surface area contributed by atoms with Gasteiger partial charge in [-0.05, 0) is 12.8 Å². The summed E-state index contributed by atoms with van der Waals surface area (Å²) in [5.41, 5.74) is -0.649. The minimum atomic E-state index is -0.831. The van der Waals surface area contributed by atoms with Crippen molar-refractivity contribution < 1.29 is 14.7 Å². The van der Waals surface area contributed by atoms with E-state index >= 15 is 0 Å².